The molecule has 136 valence electrons. The summed E-state index contributed by atoms with van der Waals surface area (Å²) >= 11 is 0. The van der Waals surface area contributed by atoms with Crippen LogP contribution in [0.3, 0.4) is 0 Å². The largest absolute Gasteiger partial charge is 0.452 e. The molecule has 5 nitrogen and oxygen atoms in total. The molecular weight excluding hydrogens is 354 g/mol. The zero-order chi connectivity index (χ0) is 19.3. The molecule has 3 heterocycles. The predicted molar refractivity (Wildman–Crippen MR) is 107 cm³/mol. The van der Waals surface area contributed by atoms with Crippen LogP contribution in [0, 0.1) is 6.92 Å². The van der Waals surface area contributed by atoms with E-state index in [2.05, 4.69) is 4.98 Å². The summed E-state index contributed by atoms with van der Waals surface area (Å²) in [6.07, 6.45) is 3.32. The summed E-state index contributed by atoms with van der Waals surface area (Å²) < 4.78 is 11.6. The summed E-state index contributed by atoms with van der Waals surface area (Å²) in [5.74, 6) is -0.0168. The Hall–Kier alpha value is -3.86. The number of furan rings is 1. The Morgan fingerprint density at radius 2 is 1.82 bits per heavy atom. The van der Waals surface area contributed by atoms with E-state index >= 15 is 0 Å². The van der Waals surface area contributed by atoms with E-state index in [1.165, 1.54) is 6.07 Å². The van der Waals surface area contributed by atoms with Gasteiger partial charge in [-0.25, -0.2) is 4.79 Å². The molecule has 1 N–H and O–H groups in total. The van der Waals surface area contributed by atoms with Crippen LogP contribution in [0.5, 0.6) is 0 Å². The van der Waals surface area contributed by atoms with Crippen LogP contribution in [0.2, 0.25) is 0 Å². The quantitative estimate of drug-likeness (QED) is 0.356. The van der Waals surface area contributed by atoms with Gasteiger partial charge < -0.3 is 13.8 Å². The summed E-state index contributed by atoms with van der Waals surface area (Å²) in [7, 11) is 0. The maximum Gasteiger partial charge on any atom is 0.336 e. The van der Waals surface area contributed by atoms with Crippen LogP contribution in [-0.4, -0.2) is 10.8 Å². The fraction of sp³-hybridized carbons (Fsp3) is 0.0435. The second-order valence-electron chi connectivity index (χ2n) is 6.66. The number of aromatic nitrogens is 1. The molecule has 0 saturated carbocycles. The molecule has 3 aromatic heterocycles. The fourth-order valence-corrected chi connectivity index (χ4v) is 3.60. The van der Waals surface area contributed by atoms with E-state index < -0.39 is 5.63 Å². The molecule has 28 heavy (non-hydrogen) atoms. The first-order valence-corrected chi connectivity index (χ1v) is 8.86. The molecule has 0 spiro atoms. The van der Waals surface area contributed by atoms with Gasteiger partial charge in [0.05, 0.1) is 5.39 Å². The van der Waals surface area contributed by atoms with E-state index in [0.29, 0.717) is 27.7 Å². The first-order valence-electron chi connectivity index (χ1n) is 8.86. The highest BCUT2D eigenvalue weighted by molar-refractivity contribution is 6.20. The maximum atomic E-state index is 13.1. The van der Waals surface area contributed by atoms with Crippen molar-refractivity contribution in [1.29, 1.82) is 0 Å². The lowest BCUT2D eigenvalue weighted by atomic mass is 9.97. The number of H-pyrrole nitrogens is 1. The molecule has 0 fully saturated rings. The van der Waals surface area contributed by atoms with Gasteiger partial charge in [0.2, 0.25) is 5.78 Å². The number of hydrogen-bond donors (Lipinski definition) is 1. The molecule has 0 saturated heterocycles. The van der Waals surface area contributed by atoms with Crippen molar-refractivity contribution in [1.82, 2.24) is 4.98 Å². The zero-order valence-electron chi connectivity index (χ0n) is 15.0. The van der Waals surface area contributed by atoms with Crippen LogP contribution in [0.4, 0.5) is 0 Å². The predicted octanol–water partition coefficient (Wildman–Crippen LogP) is 5.07. The minimum atomic E-state index is -0.434. The number of nitrogens with one attached hydrogen (secondary N) is 1. The SMILES string of the molecule is Cc1cc(=O)oc2c1ccc1oc(C(=O)c3cc[nH]c3)c(-c3ccccc3)c12. The Morgan fingerprint density at radius 3 is 2.57 bits per heavy atom. The molecule has 2 aromatic carbocycles. The van der Waals surface area contributed by atoms with E-state index in [1.54, 1.807) is 18.5 Å². The number of carbonyl (C=O) groups is 1. The molecule has 5 heteroatoms. The molecular formula is C23H15NO4. The third kappa shape index (κ3) is 2.41. The maximum absolute atomic E-state index is 13.1. The van der Waals surface area contributed by atoms with Gasteiger partial charge >= 0.3 is 5.63 Å². The van der Waals surface area contributed by atoms with Gasteiger partial charge in [0.1, 0.15) is 11.2 Å². The topological polar surface area (TPSA) is 76.2 Å². The van der Waals surface area contributed by atoms with Crippen LogP contribution in [0.25, 0.3) is 33.1 Å². The summed E-state index contributed by atoms with van der Waals surface area (Å²) in [5.41, 5.74) is 3.25. The number of aromatic amines is 1. The zero-order valence-corrected chi connectivity index (χ0v) is 15.0. The van der Waals surface area contributed by atoms with Gasteiger partial charge in [0.15, 0.2) is 5.76 Å². The summed E-state index contributed by atoms with van der Waals surface area (Å²) in [6, 6.07) is 16.3. The van der Waals surface area contributed by atoms with Gasteiger partial charge in [-0.05, 0) is 36.2 Å². The van der Waals surface area contributed by atoms with E-state index in [9.17, 15) is 9.59 Å². The van der Waals surface area contributed by atoms with Gasteiger partial charge in [0, 0.05) is 35.0 Å². The molecule has 0 aliphatic rings. The second kappa shape index (κ2) is 6.09. The van der Waals surface area contributed by atoms with Crippen molar-refractivity contribution in [2.75, 3.05) is 0 Å². The first kappa shape index (κ1) is 16.3. The highest BCUT2D eigenvalue weighted by Crippen LogP contribution is 2.40. The lowest BCUT2D eigenvalue weighted by molar-refractivity contribution is 0.101. The number of hydrogen-bond acceptors (Lipinski definition) is 4. The first-order chi connectivity index (χ1) is 13.6. The Kier molecular flexibility index (Phi) is 3.55. The number of ketones is 1. The highest BCUT2D eigenvalue weighted by Gasteiger charge is 2.25. The molecule has 0 bridgehead atoms. The van der Waals surface area contributed by atoms with Crippen molar-refractivity contribution < 1.29 is 13.6 Å². The number of carbonyl (C=O) groups excluding carboxylic acids is 1. The molecule has 0 unspecified atom stereocenters. The fourth-order valence-electron chi connectivity index (χ4n) is 3.60. The molecule has 0 atom stereocenters. The standard InChI is InChI=1S/C23H15NO4/c1-13-11-18(25)28-22-16(13)7-8-17-20(22)19(14-5-3-2-4-6-14)23(27-17)21(26)15-9-10-24-12-15/h2-12,24H,1H3. The van der Waals surface area contributed by atoms with Crippen LogP contribution in [-0.2, 0) is 0 Å². The van der Waals surface area contributed by atoms with Gasteiger partial charge in [-0.3, -0.25) is 4.79 Å². The van der Waals surface area contributed by atoms with Gasteiger partial charge in [0.25, 0.3) is 0 Å². The van der Waals surface area contributed by atoms with Crippen LogP contribution < -0.4 is 5.63 Å². The van der Waals surface area contributed by atoms with E-state index in [-0.39, 0.29) is 11.5 Å². The lowest BCUT2D eigenvalue weighted by Crippen LogP contribution is -2.00. The Bertz CT molecular complexity index is 1390. The Morgan fingerprint density at radius 1 is 1.00 bits per heavy atom. The number of fused-ring (bicyclic) bond motifs is 3. The van der Waals surface area contributed by atoms with Crippen LogP contribution in [0.1, 0.15) is 21.7 Å². The summed E-state index contributed by atoms with van der Waals surface area (Å²) in [6.45, 7) is 1.86. The minimum absolute atomic E-state index is 0.220. The second-order valence-corrected chi connectivity index (χ2v) is 6.66. The van der Waals surface area contributed by atoms with E-state index in [0.717, 1.165) is 16.5 Å². The van der Waals surface area contributed by atoms with Crippen LogP contribution in [0.15, 0.2) is 80.6 Å². The van der Waals surface area contributed by atoms with Gasteiger partial charge in [-0.1, -0.05) is 30.3 Å². The Balaban J connectivity index is 1.95. The van der Waals surface area contributed by atoms with Crippen molar-refractivity contribution in [3.05, 3.63) is 94.3 Å². The smallest absolute Gasteiger partial charge is 0.336 e. The normalized spacial score (nSPS) is 11.3. The lowest BCUT2D eigenvalue weighted by Gasteiger charge is -2.05. The van der Waals surface area contributed by atoms with Crippen LogP contribution >= 0.6 is 0 Å². The molecule has 5 aromatic rings. The average Bonchev–Trinajstić information content (AvgIpc) is 3.36. The average molecular weight is 369 g/mol. The number of aryl methyl sites for hydroxylation is 1. The molecule has 0 aliphatic carbocycles. The molecule has 5 rings (SSSR count). The molecule has 0 amide bonds. The van der Waals surface area contributed by atoms with Gasteiger partial charge in [-0.15, -0.1) is 0 Å². The summed E-state index contributed by atoms with van der Waals surface area (Å²) in [4.78, 5) is 28.1. The Labute approximate surface area is 159 Å². The minimum Gasteiger partial charge on any atom is -0.452 e. The monoisotopic (exact) mass is 369 g/mol. The van der Waals surface area contributed by atoms with Crippen molar-refractivity contribution >= 4 is 27.7 Å². The number of rotatable bonds is 3. The van der Waals surface area contributed by atoms with E-state index in [4.69, 9.17) is 8.83 Å². The van der Waals surface area contributed by atoms with E-state index in [1.807, 2.05) is 49.4 Å². The van der Waals surface area contributed by atoms with Crippen molar-refractivity contribution in [2.24, 2.45) is 0 Å². The molecule has 0 radical (unpaired) electrons. The third-order valence-corrected chi connectivity index (χ3v) is 4.90. The van der Waals surface area contributed by atoms with Gasteiger partial charge in [-0.2, -0.15) is 0 Å². The molecule has 0 aliphatic heterocycles. The number of benzene rings is 2. The summed E-state index contributed by atoms with van der Waals surface area (Å²) in [5, 5.41) is 1.44. The van der Waals surface area contributed by atoms with Crippen molar-refractivity contribution in [3.8, 4) is 11.1 Å². The third-order valence-electron chi connectivity index (χ3n) is 4.90. The van der Waals surface area contributed by atoms with Crippen molar-refractivity contribution in [3.63, 3.8) is 0 Å². The van der Waals surface area contributed by atoms with Crippen molar-refractivity contribution in [2.45, 2.75) is 6.92 Å². The highest BCUT2D eigenvalue weighted by atomic mass is 16.4.